The summed E-state index contributed by atoms with van der Waals surface area (Å²) < 4.78 is 19.8. The standard InChI is InChI=1S/C20H18FN3O3S/c1-12-22-16-8-14(6-7-18(16)28-12)23-20(26)13-9-24(10-13)19(25)11-27-17-5-3-2-4-15(17)21/h2-8,13H,9-11H2,1H3,(H,23,26). The topological polar surface area (TPSA) is 71.5 Å². The van der Waals surface area contributed by atoms with E-state index in [2.05, 4.69) is 10.3 Å². The van der Waals surface area contributed by atoms with Gasteiger partial charge in [0.1, 0.15) is 0 Å². The molecule has 0 bridgehead atoms. The number of carbonyl (C=O) groups excluding carboxylic acids is 2. The van der Waals surface area contributed by atoms with Gasteiger partial charge in [-0.2, -0.15) is 0 Å². The lowest BCUT2D eigenvalue weighted by Crippen LogP contribution is -2.55. The lowest BCUT2D eigenvalue weighted by atomic mass is 9.99. The highest BCUT2D eigenvalue weighted by Crippen LogP contribution is 2.25. The van der Waals surface area contributed by atoms with Gasteiger partial charge in [-0.3, -0.25) is 9.59 Å². The minimum atomic E-state index is -0.511. The second-order valence-electron chi connectivity index (χ2n) is 6.62. The van der Waals surface area contributed by atoms with Crippen LogP contribution < -0.4 is 10.1 Å². The molecular formula is C20H18FN3O3S. The number of halogens is 1. The number of rotatable bonds is 5. The van der Waals surface area contributed by atoms with Gasteiger partial charge in [-0.15, -0.1) is 11.3 Å². The molecule has 0 aliphatic carbocycles. The van der Waals surface area contributed by atoms with Crippen molar-refractivity contribution in [2.75, 3.05) is 25.0 Å². The van der Waals surface area contributed by atoms with Gasteiger partial charge in [0, 0.05) is 18.8 Å². The second kappa shape index (κ2) is 7.55. The number of carbonyl (C=O) groups is 2. The van der Waals surface area contributed by atoms with Crippen LogP contribution in [-0.4, -0.2) is 41.4 Å². The van der Waals surface area contributed by atoms with Crippen LogP contribution in [-0.2, 0) is 9.59 Å². The zero-order valence-corrected chi connectivity index (χ0v) is 16.0. The predicted octanol–water partition coefficient (Wildman–Crippen LogP) is 3.22. The molecule has 4 rings (SSSR count). The van der Waals surface area contributed by atoms with Crippen molar-refractivity contribution < 1.29 is 18.7 Å². The number of aromatic nitrogens is 1. The van der Waals surface area contributed by atoms with Gasteiger partial charge >= 0.3 is 0 Å². The molecule has 6 nitrogen and oxygen atoms in total. The van der Waals surface area contributed by atoms with Crippen LogP contribution in [0, 0.1) is 18.7 Å². The molecular weight excluding hydrogens is 381 g/mol. The fourth-order valence-electron chi connectivity index (χ4n) is 3.01. The molecule has 8 heteroatoms. The van der Waals surface area contributed by atoms with Gasteiger partial charge in [0.15, 0.2) is 18.2 Å². The van der Waals surface area contributed by atoms with E-state index in [4.69, 9.17) is 4.74 Å². The Balaban J connectivity index is 1.27. The number of benzene rings is 2. The molecule has 0 spiro atoms. The molecule has 2 amide bonds. The van der Waals surface area contributed by atoms with Crippen molar-refractivity contribution in [1.29, 1.82) is 0 Å². The van der Waals surface area contributed by atoms with Crippen LogP contribution in [0.3, 0.4) is 0 Å². The molecule has 1 saturated heterocycles. The van der Waals surface area contributed by atoms with E-state index in [1.54, 1.807) is 23.5 Å². The number of hydrogen-bond acceptors (Lipinski definition) is 5. The van der Waals surface area contributed by atoms with E-state index in [9.17, 15) is 14.0 Å². The van der Waals surface area contributed by atoms with E-state index in [0.717, 1.165) is 15.2 Å². The zero-order valence-electron chi connectivity index (χ0n) is 15.1. The molecule has 2 aromatic carbocycles. The summed E-state index contributed by atoms with van der Waals surface area (Å²) in [6, 6.07) is 11.6. The molecule has 0 radical (unpaired) electrons. The van der Waals surface area contributed by atoms with Gasteiger partial charge in [-0.25, -0.2) is 9.37 Å². The van der Waals surface area contributed by atoms with Gasteiger partial charge in [0.2, 0.25) is 5.91 Å². The smallest absolute Gasteiger partial charge is 0.260 e. The first-order valence-electron chi connectivity index (χ1n) is 8.83. The third-order valence-corrected chi connectivity index (χ3v) is 5.51. The van der Waals surface area contributed by atoms with Gasteiger partial charge in [0.25, 0.3) is 5.91 Å². The number of aryl methyl sites for hydroxylation is 1. The number of nitrogens with one attached hydrogen (secondary N) is 1. The Morgan fingerprint density at radius 2 is 2.07 bits per heavy atom. The number of amides is 2. The first-order chi connectivity index (χ1) is 13.5. The molecule has 0 saturated carbocycles. The maximum atomic E-state index is 13.5. The van der Waals surface area contributed by atoms with E-state index in [0.29, 0.717) is 18.8 Å². The normalized spacial score (nSPS) is 14.0. The summed E-state index contributed by atoms with van der Waals surface area (Å²) >= 11 is 1.61. The molecule has 1 fully saturated rings. The highest BCUT2D eigenvalue weighted by molar-refractivity contribution is 7.18. The van der Waals surface area contributed by atoms with Crippen molar-refractivity contribution in [3.63, 3.8) is 0 Å². The van der Waals surface area contributed by atoms with E-state index in [-0.39, 0.29) is 30.1 Å². The fraction of sp³-hybridized carbons (Fsp3) is 0.250. The highest BCUT2D eigenvalue weighted by atomic mass is 32.1. The Hall–Kier alpha value is -3.00. The molecule has 144 valence electrons. The number of hydrogen-bond donors (Lipinski definition) is 1. The molecule has 1 aliphatic heterocycles. The van der Waals surface area contributed by atoms with Gasteiger partial charge in [-0.1, -0.05) is 12.1 Å². The molecule has 28 heavy (non-hydrogen) atoms. The number of anilines is 1. The maximum absolute atomic E-state index is 13.5. The van der Waals surface area contributed by atoms with E-state index in [1.807, 2.05) is 25.1 Å². The average molecular weight is 399 g/mol. The SMILES string of the molecule is Cc1nc2cc(NC(=O)C3CN(C(=O)COc4ccccc4F)C3)ccc2s1. The number of nitrogens with zero attached hydrogens (tertiary/aromatic N) is 2. The summed E-state index contributed by atoms with van der Waals surface area (Å²) in [4.78, 5) is 30.5. The summed E-state index contributed by atoms with van der Waals surface area (Å²) in [6.45, 7) is 2.33. The number of fused-ring (bicyclic) bond motifs is 1. The largest absolute Gasteiger partial charge is 0.481 e. The highest BCUT2D eigenvalue weighted by Gasteiger charge is 2.35. The number of likely N-dealkylation sites (tertiary alicyclic amines) is 1. The first kappa shape index (κ1) is 18.4. The van der Waals surface area contributed by atoms with Crippen LogP contribution >= 0.6 is 11.3 Å². The quantitative estimate of drug-likeness (QED) is 0.715. The number of ether oxygens (including phenoxy) is 1. The molecule has 1 aromatic heterocycles. The maximum Gasteiger partial charge on any atom is 0.260 e. The summed E-state index contributed by atoms with van der Waals surface area (Å²) in [6.07, 6.45) is 0. The Morgan fingerprint density at radius 1 is 1.29 bits per heavy atom. The van der Waals surface area contributed by atoms with Crippen molar-refractivity contribution in [2.24, 2.45) is 5.92 Å². The lowest BCUT2D eigenvalue weighted by Gasteiger charge is -2.38. The second-order valence-corrected chi connectivity index (χ2v) is 7.85. The van der Waals surface area contributed by atoms with E-state index < -0.39 is 5.82 Å². The summed E-state index contributed by atoms with van der Waals surface area (Å²) in [7, 11) is 0. The third kappa shape index (κ3) is 3.82. The number of thiazole rings is 1. The van der Waals surface area contributed by atoms with Gasteiger partial charge in [0.05, 0.1) is 21.1 Å². The average Bonchev–Trinajstić information content (AvgIpc) is 2.99. The zero-order chi connectivity index (χ0) is 19.7. The van der Waals surface area contributed by atoms with Gasteiger partial charge < -0.3 is 15.0 Å². The summed E-state index contributed by atoms with van der Waals surface area (Å²) in [5, 5.41) is 3.85. The fourth-order valence-corrected chi connectivity index (χ4v) is 3.81. The molecule has 3 aromatic rings. The van der Waals surface area contributed by atoms with Crippen molar-refractivity contribution in [3.8, 4) is 5.75 Å². The van der Waals surface area contributed by atoms with Crippen LogP contribution in [0.15, 0.2) is 42.5 Å². The third-order valence-electron chi connectivity index (χ3n) is 4.55. The molecule has 1 N–H and O–H groups in total. The molecule has 0 unspecified atom stereocenters. The van der Waals surface area contributed by atoms with Crippen LogP contribution in [0.25, 0.3) is 10.2 Å². The minimum absolute atomic E-state index is 0.0401. The van der Waals surface area contributed by atoms with Gasteiger partial charge in [-0.05, 0) is 37.3 Å². The lowest BCUT2D eigenvalue weighted by molar-refractivity contribution is -0.143. The number of para-hydroxylation sites is 1. The monoisotopic (exact) mass is 399 g/mol. The summed E-state index contributed by atoms with van der Waals surface area (Å²) in [5.41, 5.74) is 1.55. The van der Waals surface area contributed by atoms with E-state index in [1.165, 1.54) is 17.0 Å². The van der Waals surface area contributed by atoms with Crippen molar-refractivity contribution >= 4 is 39.1 Å². The summed E-state index contributed by atoms with van der Waals surface area (Å²) in [5.74, 6) is -1.15. The Bertz CT molecular complexity index is 1050. The van der Waals surface area contributed by atoms with Crippen molar-refractivity contribution in [1.82, 2.24) is 9.88 Å². The molecule has 1 aliphatic rings. The Labute approximate surface area is 164 Å². The first-order valence-corrected chi connectivity index (χ1v) is 9.64. The van der Waals surface area contributed by atoms with Crippen molar-refractivity contribution in [2.45, 2.75) is 6.92 Å². The van der Waals surface area contributed by atoms with Crippen LogP contribution in [0.4, 0.5) is 10.1 Å². The Morgan fingerprint density at radius 3 is 2.86 bits per heavy atom. The predicted molar refractivity (Wildman–Crippen MR) is 105 cm³/mol. The van der Waals surface area contributed by atoms with E-state index >= 15 is 0 Å². The minimum Gasteiger partial charge on any atom is -0.481 e. The Kier molecular flexibility index (Phi) is 4.95. The molecule has 0 atom stereocenters. The molecule has 2 heterocycles. The van der Waals surface area contributed by atoms with Crippen molar-refractivity contribution in [3.05, 3.63) is 53.3 Å². The van der Waals surface area contributed by atoms with Crippen LogP contribution in [0.1, 0.15) is 5.01 Å². The van der Waals surface area contributed by atoms with Crippen LogP contribution in [0.5, 0.6) is 5.75 Å². The van der Waals surface area contributed by atoms with Crippen LogP contribution in [0.2, 0.25) is 0 Å².